The number of nitrogens with zero attached hydrogens (tertiary/aromatic N) is 8. The van der Waals surface area contributed by atoms with E-state index in [4.69, 9.17) is 9.47 Å². The number of unbranched alkanes of at least 4 members (excludes halogenated alkanes) is 1. The van der Waals surface area contributed by atoms with Crippen LogP contribution in [-0.4, -0.2) is 258 Å². The zero-order valence-corrected chi connectivity index (χ0v) is 52.3. The van der Waals surface area contributed by atoms with Crippen molar-refractivity contribution in [2.24, 2.45) is 5.92 Å². The first-order valence-electron chi connectivity index (χ1n) is 31.2. The minimum Gasteiger partial charge on any atom is -0.494 e. The van der Waals surface area contributed by atoms with E-state index < -0.39 is 103 Å². The summed E-state index contributed by atoms with van der Waals surface area (Å²) in [5.74, 6) is -10.2. The lowest BCUT2D eigenvalue weighted by atomic mass is 9.92. The van der Waals surface area contributed by atoms with Crippen molar-refractivity contribution in [3.05, 3.63) is 71.4 Å². The van der Waals surface area contributed by atoms with Crippen molar-refractivity contribution in [3.8, 4) is 11.8 Å². The van der Waals surface area contributed by atoms with Crippen LogP contribution in [0.1, 0.15) is 92.1 Å². The number of hydrogen-bond donors (Lipinski definition) is 7. The smallest absolute Gasteiger partial charge is 0.317 e. The maximum atomic E-state index is 14.5. The number of methoxy groups -OCH3 is 1. The molecule has 4 heterocycles. The molecule has 7 N–H and O–H groups in total. The fourth-order valence-corrected chi connectivity index (χ4v) is 11.4. The van der Waals surface area contributed by atoms with Gasteiger partial charge in [0.2, 0.25) is 29.5 Å². The highest BCUT2D eigenvalue weighted by molar-refractivity contribution is 6.07. The van der Waals surface area contributed by atoms with Gasteiger partial charge in [-0.3, -0.25) is 72.5 Å². The van der Waals surface area contributed by atoms with Crippen molar-refractivity contribution in [2.75, 3.05) is 125 Å². The molecule has 3 aromatic rings. The maximum absolute atomic E-state index is 14.5. The molecule has 6 amide bonds. The first kappa shape index (κ1) is 72.6. The summed E-state index contributed by atoms with van der Waals surface area (Å²) in [5, 5.41) is 49.6. The van der Waals surface area contributed by atoms with Gasteiger partial charge in [0.1, 0.15) is 23.9 Å². The number of carbonyl (C=O) groups excluding carboxylic acids is 7. The third-order valence-electron chi connectivity index (χ3n) is 16.5. The van der Waals surface area contributed by atoms with E-state index in [1.165, 1.54) is 12.3 Å². The summed E-state index contributed by atoms with van der Waals surface area (Å²) < 4.78 is 39.0. The molecule has 3 saturated heterocycles. The monoisotopic (exact) mass is 1290 g/mol. The number of likely N-dealkylation sites (tertiary alicyclic amines) is 2. The number of fused-ring (bicyclic) bond motifs is 1. The topological polar surface area (TPSA) is 354 Å². The summed E-state index contributed by atoms with van der Waals surface area (Å²) in [5.41, 5.74) is 2.89. The molecule has 29 heteroatoms. The van der Waals surface area contributed by atoms with Crippen LogP contribution in [0, 0.1) is 24.2 Å². The highest BCUT2D eigenvalue weighted by Gasteiger charge is 2.47. The first-order chi connectivity index (χ1) is 44.0. The van der Waals surface area contributed by atoms with Crippen molar-refractivity contribution in [3.63, 3.8) is 0 Å². The molecule has 6 rings (SSSR count). The number of hydrogen-bond acceptors (Lipinski definition) is 18. The molecule has 0 bridgehead atoms. The number of ether oxygens (including phenoxy) is 2. The number of carbonyl (C=O) groups is 10. The molecule has 0 aliphatic carbocycles. The number of carboxylic acid groups (broad SMARTS) is 3. The Morgan fingerprint density at radius 2 is 1.34 bits per heavy atom. The standard InChI is InChI=1S/C63H86F2N12O15/c1-43-11-13-44(14-12-43)7-5-10-53(78)68-20-4-3-9-51(70-54(79)38-72-24-26-73(39-56(81)82)28-30-75(41-58(85)86)31-29-74(27-25-72)40-57(83)84)61(89)71-52(34-59(87)91-2)62(90)76-22-18-45(19-23-76)8-6-32-92-47-15-16-50-49(33-47)48(17-21-67-50)60(88)69-37-55(80)77-42-63(64,65)35-46(77)36-66/h11-17,21,33,45-46,51-52H,3-10,18-20,22-32,34-35,37-42H2,1-2H3,(H,68,78)(H,69,88)(H,70,79)(H,71,89)(H,81,82)(H,83,84)(H,85,86)/t46-,51+,52+/m1/s1. The van der Waals surface area contributed by atoms with Crippen molar-refractivity contribution >= 4 is 70.2 Å². The Bertz CT molecular complexity index is 3040. The van der Waals surface area contributed by atoms with Crippen molar-refractivity contribution in [1.29, 1.82) is 5.26 Å². The van der Waals surface area contributed by atoms with E-state index in [-0.39, 0.29) is 109 Å². The summed E-state index contributed by atoms with van der Waals surface area (Å²) in [7, 11) is 1.15. The molecule has 1 aromatic heterocycles. The van der Waals surface area contributed by atoms with Gasteiger partial charge in [0.25, 0.3) is 11.8 Å². The van der Waals surface area contributed by atoms with Gasteiger partial charge in [0.15, 0.2) is 0 Å². The number of carboxylic acids is 3. The van der Waals surface area contributed by atoms with E-state index in [0.717, 1.165) is 36.0 Å². The predicted octanol–water partition coefficient (Wildman–Crippen LogP) is 1.75. The van der Waals surface area contributed by atoms with Crippen LogP contribution in [0.2, 0.25) is 0 Å². The minimum atomic E-state index is -3.21. The zero-order valence-electron chi connectivity index (χ0n) is 52.3. The summed E-state index contributed by atoms with van der Waals surface area (Å²) in [6, 6.07) is 12.3. The summed E-state index contributed by atoms with van der Waals surface area (Å²) in [6.45, 7) is 1.49. The third-order valence-corrected chi connectivity index (χ3v) is 16.5. The van der Waals surface area contributed by atoms with Gasteiger partial charge in [-0.1, -0.05) is 29.8 Å². The number of rotatable bonds is 31. The molecule has 0 spiro atoms. The highest BCUT2D eigenvalue weighted by atomic mass is 19.3. The first-order valence-corrected chi connectivity index (χ1v) is 31.2. The second-order valence-electron chi connectivity index (χ2n) is 23.6. The van der Waals surface area contributed by atoms with Crippen LogP contribution in [0.25, 0.3) is 10.9 Å². The Labute approximate surface area is 533 Å². The number of pyridine rings is 1. The van der Waals surface area contributed by atoms with Crippen LogP contribution in [0.5, 0.6) is 5.75 Å². The zero-order chi connectivity index (χ0) is 66.7. The fourth-order valence-electron chi connectivity index (χ4n) is 11.4. The van der Waals surface area contributed by atoms with Gasteiger partial charge >= 0.3 is 23.9 Å². The van der Waals surface area contributed by atoms with Crippen molar-refractivity contribution in [1.82, 2.24) is 55.7 Å². The highest BCUT2D eigenvalue weighted by Crippen LogP contribution is 2.32. The Balaban J connectivity index is 1.05. The number of aliphatic carboxylic acids is 3. The molecule has 27 nitrogen and oxygen atoms in total. The van der Waals surface area contributed by atoms with E-state index in [0.29, 0.717) is 81.3 Å². The van der Waals surface area contributed by atoms with Gasteiger partial charge < -0.3 is 55.9 Å². The number of aromatic nitrogens is 1. The van der Waals surface area contributed by atoms with Crippen LogP contribution in [-0.2, 0) is 54.3 Å². The fraction of sp³-hybridized carbons (Fsp3) is 0.587. The van der Waals surface area contributed by atoms with Gasteiger partial charge in [-0.25, -0.2) is 8.78 Å². The largest absolute Gasteiger partial charge is 0.494 e. The molecule has 2 aromatic carbocycles. The van der Waals surface area contributed by atoms with E-state index in [1.807, 2.05) is 31.2 Å². The lowest BCUT2D eigenvalue weighted by Crippen LogP contribution is -2.57. The molecular weight excluding hydrogens is 1200 g/mol. The molecule has 92 heavy (non-hydrogen) atoms. The van der Waals surface area contributed by atoms with E-state index in [1.54, 1.807) is 48.8 Å². The van der Waals surface area contributed by atoms with Gasteiger partial charge in [0.05, 0.1) is 76.6 Å². The number of benzene rings is 2. The quantitative estimate of drug-likeness (QED) is 0.0356. The average Bonchev–Trinajstić information content (AvgIpc) is 1.16. The minimum absolute atomic E-state index is 0.0558. The number of halogens is 2. The number of alkyl halides is 2. The van der Waals surface area contributed by atoms with Crippen LogP contribution >= 0.6 is 0 Å². The third kappa shape index (κ3) is 24.6. The molecule has 3 atom stereocenters. The Kier molecular flexibility index (Phi) is 28.8. The van der Waals surface area contributed by atoms with E-state index in [9.17, 15) is 77.3 Å². The number of esters is 1. The molecule has 0 unspecified atom stereocenters. The van der Waals surface area contributed by atoms with Crippen LogP contribution in [0.4, 0.5) is 8.78 Å². The molecular formula is C63H86F2N12O15. The number of nitriles is 1. The second kappa shape index (κ2) is 36.5. The number of piperidine rings is 1. The molecule has 0 saturated carbocycles. The molecule has 3 aliphatic heterocycles. The van der Waals surface area contributed by atoms with Gasteiger partial charge in [-0.05, 0) is 100 Å². The van der Waals surface area contributed by atoms with Gasteiger partial charge in [-0.15, -0.1) is 0 Å². The average molecular weight is 1290 g/mol. The number of aryl methyl sites for hydroxylation is 2. The Morgan fingerprint density at radius 1 is 0.728 bits per heavy atom. The van der Waals surface area contributed by atoms with E-state index >= 15 is 0 Å². The normalized spacial score (nSPS) is 17.8. The van der Waals surface area contributed by atoms with Crippen molar-refractivity contribution < 1.29 is 81.5 Å². The van der Waals surface area contributed by atoms with Crippen LogP contribution in [0.3, 0.4) is 0 Å². The molecule has 502 valence electrons. The Morgan fingerprint density at radius 3 is 1.92 bits per heavy atom. The van der Waals surface area contributed by atoms with Crippen molar-refractivity contribution in [2.45, 2.75) is 108 Å². The van der Waals surface area contributed by atoms with E-state index in [2.05, 4.69) is 26.3 Å². The summed E-state index contributed by atoms with van der Waals surface area (Å²) in [6.07, 6.45) is 5.13. The number of nitrogens with one attached hydrogen (secondary N) is 4. The van der Waals surface area contributed by atoms with Crippen LogP contribution in [0.15, 0.2) is 54.7 Å². The lowest BCUT2D eigenvalue weighted by molar-refractivity contribution is -0.147. The predicted molar refractivity (Wildman–Crippen MR) is 329 cm³/mol. The molecule has 0 radical (unpaired) electrons. The lowest BCUT2D eigenvalue weighted by Gasteiger charge is -2.34. The molecule has 3 aliphatic rings. The molecule has 3 fully saturated rings. The maximum Gasteiger partial charge on any atom is 0.317 e. The summed E-state index contributed by atoms with van der Waals surface area (Å²) in [4.78, 5) is 143. The van der Waals surface area contributed by atoms with Crippen LogP contribution < -0.4 is 26.0 Å². The number of amides is 6. The summed E-state index contributed by atoms with van der Waals surface area (Å²) >= 11 is 0. The second-order valence-corrected chi connectivity index (χ2v) is 23.6. The van der Waals surface area contributed by atoms with Gasteiger partial charge in [0, 0.05) is 96.4 Å². The Hall–Kier alpha value is -8.46. The van der Waals surface area contributed by atoms with Gasteiger partial charge in [-0.2, -0.15) is 5.26 Å². The SMILES string of the molecule is COC(=O)C[C@H](NC(=O)[C@H](CCCCNC(=O)CCCc1ccc(C)cc1)NC(=O)CN1CCN(CC(=O)O)CCN(CC(=O)O)CCN(CC(=O)O)CC1)C(=O)N1CCC(CCCOc2ccc3nccc(C(=O)NCC(=O)N4CC(F)(F)C[C@@H]4C#N)c3c2)CC1.